The molecular weight excluding hydrogens is 297 g/mol. The molecule has 0 saturated heterocycles. The Balaban J connectivity index is 2.33. The Hall–Kier alpha value is -2.34. The summed E-state index contributed by atoms with van der Waals surface area (Å²) in [6.07, 6.45) is 1.29. The molecule has 2 rings (SSSR count). The highest BCUT2D eigenvalue weighted by Crippen LogP contribution is 2.28. The van der Waals surface area contributed by atoms with Crippen LogP contribution in [0.2, 0.25) is 5.02 Å². The van der Waals surface area contributed by atoms with Crippen LogP contribution in [-0.4, -0.2) is 17.6 Å². The van der Waals surface area contributed by atoms with E-state index in [4.69, 9.17) is 22.1 Å². The molecule has 5 nitrogen and oxygen atoms in total. The van der Waals surface area contributed by atoms with Crippen LogP contribution in [0.4, 0.5) is 21.6 Å². The summed E-state index contributed by atoms with van der Waals surface area (Å²) in [5.41, 5.74) is 6.09. The number of hydrogen-bond donors (Lipinski definition) is 2. The lowest BCUT2D eigenvalue weighted by molar-refractivity contribution is 0.0527. The van der Waals surface area contributed by atoms with Gasteiger partial charge in [0.2, 0.25) is 0 Å². The second-order valence-corrected chi connectivity index (χ2v) is 4.51. The van der Waals surface area contributed by atoms with Gasteiger partial charge in [-0.2, -0.15) is 0 Å². The van der Waals surface area contributed by atoms with Crippen LogP contribution in [0.3, 0.4) is 0 Å². The second-order valence-electron chi connectivity index (χ2n) is 4.10. The van der Waals surface area contributed by atoms with E-state index < -0.39 is 11.8 Å². The highest BCUT2D eigenvalue weighted by atomic mass is 35.5. The molecular formula is C14H13ClFN3O2. The molecule has 2 aromatic rings. The zero-order valence-corrected chi connectivity index (χ0v) is 11.9. The molecule has 0 radical (unpaired) electrons. The minimum Gasteiger partial charge on any atom is -0.462 e. The van der Waals surface area contributed by atoms with Gasteiger partial charge in [-0.3, -0.25) is 0 Å². The van der Waals surface area contributed by atoms with E-state index in [1.165, 1.54) is 30.5 Å². The van der Waals surface area contributed by atoms with Crippen molar-refractivity contribution in [3.8, 4) is 0 Å². The number of nitrogens with zero attached hydrogens (tertiary/aromatic N) is 1. The first kappa shape index (κ1) is 15.1. The monoisotopic (exact) mass is 309 g/mol. The van der Waals surface area contributed by atoms with E-state index >= 15 is 0 Å². The lowest BCUT2D eigenvalue weighted by Gasteiger charge is -2.11. The van der Waals surface area contributed by atoms with Crippen LogP contribution >= 0.6 is 11.6 Å². The number of anilines is 3. The first-order valence-corrected chi connectivity index (χ1v) is 6.54. The van der Waals surface area contributed by atoms with Gasteiger partial charge in [-0.1, -0.05) is 17.7 Å². The van der Waals surface area contributed by atoms with Crippen molar-refractivity contribution in [1.29, 1.82) is 0 Å². The van der Waals surface area contributed by atoms with Crippen molar-refractivity contribution in [3.63, 3.8) is 0 Å². The van der Waals surface area contributed by atoms with E-state index in [2.05, 4.69) is 10.3 Å². The van der Waals surface area contributed by atoms with Crippen LogP contribution in [-0.2, 0) is 4.74 Å². The number of halogens is 2. The van der Waals surface area contributed by atoms with E-state index in [-0.39, 0.29) is 34.4 Å². The number of carbonyl (C=O) groups excluding carboxylic acids is 1. The Morgan fingerprint density at radius 1 is 1.52 bits per heavy atom. The molecule has 1 heterocycles. The first-order valence-electron chi connectivity index (χ1n) is 6.16. The summed E-state index contributed by atoms with van der Waals surface area (Å²) in [6, 6.07) is 5.67. The third-order valence-corrected chi connectivity index (χ3v) is 2.96. The van der Waals surface area contributed by atoms with E-state index in [0.29, 0.717) is 0 Å². The number of para-hydroxylation sites is 1. The summed E-state index contributed by atoms with van der Waals surface area (Å²) in [6.45, 7) is 1.91. The normalized spacial score (nSPS) is 10.2. The van der Waals surface area contributed by atoms with Gasteiger partial charge in [0.1, 0.15) is 11.6 Å². The van der Waals surface area contributed by atoms with Crippen molar-refractivity contribution >= 4 is 34.8 Å². The highest BCUT2D eigenvalue weighted by Gasteiger charge is 2.14. The molecule has 21 heavy (non-hydrogen) atoms. The number of benzene rings is 1. The van der Waals surface area contributed by atoms with Crippen LogP contribution < -0.4 is 11.1 Å². The van der Waals surface area contributed by atoms with Crippen molar-refractivity contribution in [1.82, 2.24) is 4.98 Å². The number of nitrogens with two attached hydrogens (primary N) is 1. The van der Waals surface area contributed by atoms with Crippen LogP contribution in [0, 0.1) is 5.82 Å². The largest absolute Gasteiger partial charge is 0.462 e. The predicted molar refractivity (Wildman–Crippen MR) is 79.3 cm³/mol. The Kier molecular flexibility index (Phi) is 4.59. The van der Waals surface area contributed by atoms with E-state index in [9.17, 15) is 9.18 Å². The number of ether oxygens (including phenoxy) is 1. The molecule has 0 unspecified atom stereocenters. The summed E-state index contributed by atoms with van der Waals surface area (Å²) in [5, 5.41) is 2.92. The average Bonchev–Trinajstić information content (AvgIpc) is 2.45. The van der Waals surface area contributed by atoms with E-state index in [1.54, 1.807) is 6.92 Å². The van der Waals surface area contributed by atoms with Crippen molar-refractivity contribution in [2.75, 3.05) is 17.7 Å². The van der Waals surface area contributed by atoms with Crippen molar-refractivity contribution in [2.45, 2.75) is 6.92 Å². The second kappa shape index (κ2) is 6.41. The molecule has 1 aromatic carbocycles. The Labute approximate surface area is 125 Å². The summed E-state index contributed by atoms with van der Waals surface area (Å²) >= 11 is 5.92. The maximum atomic E-state index is 13.7. The topological polar surface area (TPSA) is 77.2 Å². The molecule has 0 spiro atoms. The summed E-state index contributed by atoms with van der Waals surface area (Å²) in [7, 11) is 0. The Bertz CT molecular complexity index is 659. The van der Waals surface area contributed by atoms with Crippen molar-refractivity contribution in [3.05, 3.63) is 46.9 Å². The number of carbonyl (C=O) groups is 1. The summed E-state index contributed by atoms with van der Waals surface area (Å²) in [5.74, 6) is -0.863. The lowest BCUT2D eigenvalue weighted by atomic mass is 10.2. The number of nitrogen functional groups attached to an aromatic ring is 1. The third kappa shape index (κ3) is 3.41. The molecule has 0 saturated carbocycles. The maximum Gasteiger partial charge on any atom is 0.340 e. The van der Waals surface area contributed by atoms with Gasteiger partial charge in [-0.05, 0) is 25.1 Å². The number of rotatable bonds is 4. The molecule has 0 amide bonds. The lowest BCUT2D eigenvalue weighted by Crippen LogP contribution is -2.09. The summed E-state index contributed by atoms with van der Waals surface area (Å²) in [4.78, 5) is 15.7. The molecule has 7 heteroatoms. The number of esters is 1. The molecule has 0 atom stereocenters. The number of pyridine rings is 1. The zero-order chi connectivity index (χ0) is 15.4. The van der Waals surface area contributed by atoms with Crippen LogP contribution in [0.25, 0.3) is 0 Å². The fraction of sp³-hybridized carbons (Fsp3) is 0.143. The fourth-order valence-electron chi connectivity index (χ4n) is 1.67. The quantitative estimate of drug-likeness (QED) is 0.847. The zero-order valence-electron chi connectivity index (χ0n) is 11.2. The SMILES string of the molecule is CCOC(=O)c1cc(Nc2c(F)cccc2Cl)ncc1N. The van der Waals surface area contributed by atoms with E-state index in [1.807, 2.05) is 0 Å². The molecule has 0 aliphatic rings. The fourth-order valence-corrected chi connectivity index (χ4v) is 1.88. The summed E-state index contributed by atoms with van der Waals surface area (Å²) < 4.78 is 18.6. The van der Waals surface area contributed by atoms with Gasteiger partial charge in [0, 0.05) is 0 Å². The molecule has 0 fully saturated rings. The molecule has 0 bridgehead atoms. The van der Waals surface area contributed by atoms with Crippen LogP contribution in [0.1, 0.15) is 17.3 Å². The van der Waals surface area contributed by atoms with Gasteiger partial charge < -0.3 is 15.8 Å². The molecule has 3 N–H and O–H groups in total. The van der Waals surface area contributed by atoms with Crippen LogP contribution in [0.5, 0.6) is 0 Å². The predicted octanol–water partition coefficient (Wildman–Crippen LogP) is 3.38. The van der Waals surface area contributed by atoms with Gasteiger partial charge >= 0.3 is 5.97 Å². The van der Waals surface area contributed by atoms with Gasteiger partial charge in [0.05, 0.1) is 34.8 Å². The number of hydrogen-bond acceptors (Lipinski definition) is 5. The number of nitrogens with one attached hydrogen (secondary N) is 1. The highest BCUT2D eigenvalue weighted by molar-refractivity contribution is 6.33. The van der Waals surface area contributed by atoms with Crippen molar-refractivity contribution in [2.24, 2.45) is 0 Å². The minimum absolute atomic E-state index is 0.0752. The van der Waals surface area contributed by atoms with E-state index in [0.717, 1.165) is 0 Å². The van der Waals surface area contributed by atoms with Crippen molar-refractivity contribution < 1.29 is 13.9 Å². The Morgan fingerprint density at radius 3 is 2.95 bits per heavy atom. The molecule has 1 aromatic heterocycles. The number of aromatic nitrogens is 1. The van der Waals surface area contributed by atoms with Gasteiger partial charge in [0.15, 0.2) is 0 Å². The maximum absolute atomic E-state index is 13.7. The minimum atomic E-state index is -0.569. The van der Waals surface area contributed by atoms with Gasteiger partial charge in [-0.15, -0.1) is 0 Å². The standard InChI is InChI=1S/C14H13ClFN3O2/c1-2-21-14(20)8-6-12(18-7-11(8)17)19-13-9(15)4-3-5-10(13)16/h3-7H,2,17H2,1H3,(H,18,19). The van der Waals surface area contributed by atoms with Gasteiger partial charge in [-0.25, -0.2) is 14.2 Å². The van der Waals surface area contributed by atoms with Crippen LogP contribution in [0.15, 0.2) is 30.5 Å². The average molecular weight is 310 g/mol. The first-order chi connectivity index (χ1) is 10.0. The molecule has 0 aliphatic carbocycles. The molecule has 110 valence electrons. The van der Waals surface area contributed by atoms with Gasteiger partial charge in [0.25, 0.3) is 0 Å². The molecule has 0 aliphatic heterocycles. The Morgan fingerprint density at radius 2 is 2.29 bits per heavy atom. The smallest absolute Gasteiger partial charge is 0.340 e. The third-order valence-electron chi connectivity index (χ3n) is 2.65.